The third-order valence-electron chi connectivity index (χ3n) is 4.74. The van der Waals surface area contributed by atoms with E-state index in [1.165, 1.54) is 38.5 Å². The normalized spacial score (nSPS) is 22.2. The Kier molecular flexibility index (Phi) is 5.74. The van der Waals surface area contributed by atoms with Gasteiger partial charge in [-0.3, -0.25) is 10.1 Å². The molecule has 0 heterocycles. The van der Waals surface area contributed by atoms with Crippen molar-refractivity contribution in [2.24, 2.45) is 5.92 Å². The highest BCUT2D eigenvalue weighted by molar-refractivity contribution is 5.44. The summed E-state index contributed by atoms with van der Waals surface area (Å²) in [6.07, 6.45) is 7.75. The Balaban J connectivity index is 1.87. The molecular weight excluding hydrogens is 264 g/mol. The van der Waals surface area contributed by atoms with Gasteiger partial charge in [0.05, 0.1) is 4.92 Å². The molecular formula is C17H26N2O2. The van der Waals surface area contributed by atoms with Crippen molar-refractivity contribution in [2.45, 2.75) is 65.0 Å². The van der Waals surface area contributed by atoms with E-state index < -0.39 is 0 Å². The molecule has 4 nitrogen and oxygen atoms in total. The smallest absolute Gasteiger partial charge is 0.272 e. The summed E-state index contributed by atoms with van der Waals surface area (Å²) in [4.78, 5) is 10.7. The van der Waals surface area contributed by atoms with Crippen molar-refractivity contribution in [3.8, 4) is 0 Å². The molecule has 21 heavy (non-hydrogen) atoms. The Morgan fingerprint density at radius 2 is 2.00 bits per heavy atom. The standard InChI is InChI=1S/C17H26N2O2/c1-3-5-14-8-10-16(11-9-14)18-12-15-6-4-7-17(13(15)2)19(20)21/h4,6-7,14,16,18H,3,5,8-12H2,1-2H3. The van der Waals surface area contributed by atoms with E-state index in [-0.39, 0.29) is 10.6 Å². The van der Waals surface area contributed by atoms with E-state index in [1.807, 2.05) is 13.0 Å². The molecule has 0 spiro atoms. The highest BCUT2D eigenvalue weighted by Gasteiger charge is 2.20. The predicted octanol–water partition coefficient (Wildman–Crippen LogP) is 4.35. The molecule has 0 aliphatic heterocycles. The van der Waals surface area contributed by atoms with Crippen molar-refractivity contribution in [1.29, 1.82) is 0 Å². The van der Waals surface area contributed by atoms with Crippen molar-refractivity contribution in [1.82, 2.24) is 5.32 Å². The largest absolute Gasteiger partial charge is 0.310 e. The van der Waals surface area contributed by atoms with Gasteiger partial charge in [0.2, 0.25) is 0 Å². The van der Waals surface area contributed by atoms with Gasteiger partial charge in [0.15, 0.2) is 0 Å². The van der Waals surface area contributed by atoms with Gasteiger partial charge < -0.3 is 5.32 Å². The van der Waals surface area contributed by atoms with Crippen LogP contribution in [0, 0.1) is 23.0 Å². The molecule has 1 aromatic rings. The number of nitrogens with zero attached hydrogens (tertiary/aromatic N) is 1. The molecule has 116 valence electrons. The average Bonchev–Trinajstić information content (AvgIpc) is 2.48. The van der Waals surface area contributed by atoms with Crippen LogP contribution in [0.1, 0.15) is 56.6 Å². The van der Waals surface area contributed by atoms with Gasteiger partial charge in [0.1, 0.15) is 0 Å². The van der Waals surface area contributed by atoms with Gasteiger partial charge in [-0.15, -0.1) is 0 Å². The Morgan fingerprint density at radius 1 is 1.29 bits per heavy atom. The third kappa shape index (κ3) is 4.27. The van der Waals surface area contributed by atoms with Crippen LogP contribution >= 0.6 is 0 Å². The summed E-state index contributed by atoms with van der Waals surface area (Å²) in [6.45, 7) is 4.83. The first-order valence-corrected chi connectivity index (χ1v) is 8.08. The molecule has 0 aromatic heterocycles. The number of benzene rings is 1. The summed E-state index contributed by atoms with van der Waals surface area (Å²) >= 11 is 0. The summed E-state index contributed by atoms with van der Waals surface area (Å²) in [5.74, 6) is 0.910. The molecule has 1 aliphatic rings. The number of nitro groups is 1. The molecule has 0 amide bonds. The lowest BCUT2D eigenvalue weighted by Gasteiger charge is -2.29. The molecule has 0 radical (unpaired) electrons. The third-order valence-corrected chi connectivity index (χ3v) is 4.74. The lowest BCUT2D eigenvalue weighted by Crippen LogP contribution is -2.32. The minimum Gasteiger partial charge on any atom is -0.310 e. The lowest BCUT2D eigenvalue weighted by atomic mass is 9.83. The highest BCUT2D eigenvalue weighted by Crippen LogP contribution is 2.28. The Labute approximate surface area is 127 Å². The number of hydrogen-bond acceptors (Lipinski definition) is 3. The van der Waals surface area contributed by atoms with E-state index in [0.717, 1.165) is 23.6 Å². The van der Waals surface area contributed by atoms with Crippen LogP contribution in [0.5, 0.6) is 0 Å². The first-order chi connectivity index (χ1) is 10.1. The van der Waals surface area contributed by atoms with Crippen molar-refractivity contribution < 1.29 is 4.92 Å². The van der Waals surface area contributed by atoms with E-state index in [9.17, 15) is 10.1 Å². The summed E-state index contributed by atoms with van der Waals surface area (Å²) < 4.78 is 0. The van der Waals surface area contributed by atoms with Crippen LogP contribution in [0.15, 0.2) is 18.2 Å². The molecule has 1 N–H and O–H groups in total. The maximum Gasteiger partial charge on any atom is 0.272 e. The van der Waals surface area contributed by atoms with Gasteiger partial charge >= 0.3 is 0 Å². The van der Waals surface area contributed by atoms with E-state index in [0.29, 0.717) is 6.04 Å². The Hall–Kier alpha value is -1.42. The zero-order chi connectivity index (χ0) is 15.2. The molecule has 0 atom stereocenters. The predicted molar refractivity (Wildman–Crippen MR) is 85.3 cm³/mol. The van der Waals surface area contributed by atoms with Gasteiger partial charge in [-0.05, 0) is 44.1 Å². The molecule has 1 aliphatic carbocycles. The van der Waals surface area contributed by atoms with Crippen molar-refractivity contribution in [3.63, 3.8) is 0 Å². The van der Waals surface area contributed by atoms with E-state index in [4.69, 9.17) is 0 Å². The highest BCUT2D eigenvalue weighted by atomic mass is 16.6. The second-order valence-corrected chi connectivity index (χ2v) is 6.21. The van der Waals surface area contributed by atoms with Gasteiger partial charge in [-0.25, -0.2) is 0 Å². The van der Waals surface area contributed by atoms with Gasteiger partial charge in [-0.1, -0.05) is 31.9 Å². The SMILES string of the molecule is CCCC1CCC(NCc2cccc([N+](=O)[O-])c2C)CC1. The van der Waals surface area contributed by atoms with Gasteiger partial charge in [0.25, 0.3) is 5.69 Å². The first-order valence-electron chi connectivity index (χ1n) is 8.08. The second-order valence-electron chi connectivity index (χ2n) is 6.21. The summed E-state index contributed by atoms with van der Waals surface area (Å²) in [5, 5.41) is 14.5. The molecule has 1 aromatic carbocycles. The molecule has 4 heteroatoms. The average molecular weight is 290 g/mol. The van der Waals surface area contributed by atoms with Gasteiger partial charge in [-0.2, -0.15) is 0 Å². The number of nitrogens with one attached hydrogen (secondary N) is 1. The van der Waals surface area contributed by atoms with Crippen molar-refractivity contribution in [3.05, 3.63) is 39.4 Å². The van der Waals surface area contributed by atoms with E-state index in [1.54, 1.807) is 12.1 Å². The number of nitro benzene ring substituents is 1. The molecule has 0 unspecified atom stereocenters. The minimum absolute atomic E-state index is 0.223. The van der Waals surface area contributed by atoms with Crippen LogP contribution in [-0.2, 0) is 6.54 Å². The quantitative estimate of drug-likeness (QED) is 0.626. The van der Waals surface area contributed by atoms with E-state index in [2.05, 4.69) is 12.2 Å². The van der Waals surface area contributed by atoms with Crippen molar-refractivity contribution in [2.75, 3.05) is 0 Å². The fourth-order valence-corrected chi connectivity index (χ4v) is 3.38. The maximum absolute atomic E-state index is 11.0. The zero-order valence-corrected chi connectivity index (χ0v) is 13.1. The molecule has 1 fully saturated rings. The summed E-state index contributed by atoms with van der Waals surface area (Å²) in [7, 11) is 0. The first kappa shape index (κ1) is 16.0. The molecule has 0 bridgehead atoms. The summed E-state index contributed by atoms with van der Waals surface area (Å²) in [5.41, 5.74) is 2.05. The van der Waals surface area contributed by atoms with Crippen molar-refractivity contribution >= 4 is 5.69 Å². The van der Waals surface area contributed by atoms with Crippen LogP contribution in [0.3, 0.4) is 0 Å². The van der Waals surface area contributed by atoms with E-state index >= 15 is 0 Å². The van der Waals surface area contributed by atoms with Crippen LogP contribution < -0.4 is 5.32 Å². The number of rotatable bonds is 6. The second kappa shape index (κ2) is 7.55. The Bertz CT molecular complexity index is 480. The molecule has 2 rings (SSSR count). The van der Waals surface area contributed by atoms with Gasteiger partial charge in [0, 0.05) is 24.2 Å². The van der Waals surface area contributed by atoms with Crippen LogP contribution in [0.4, 0.5) is 5.69 Å². The minimum atomic E-state index is -0.297. The zero-order valence-electron chi connectivity index (χ0n) is 13.1. The maximum atomic E-state index is 11.0. The summed E-state index contributed by atoms with van der Waals surface area (Å²) in [6, 6.07) is 5.91. The fraction of sp³-hybridized carbons (Fsp3) is 0.647. The number of hydrogen-bond donors (Lipinski definition) is 1. The molecule has 1 saturated carbocycles. The van der Waals surface area contributed by atoms with Crippen LogP contribution in [0.2, 0.25) is 0 Å². The fourth-order valence-electron chi connectivity index (χ4n) is 3.38. The monoisotopic (exact) mass is 290 g/mol. The van der Waals surface area contributed by atoms with Crippen LogP contribution in [0.25, 0.3) is 0 Å². The lowest BCUT2D eigenvalue weighted by molar-refractivity contribution is -0.385. The van der Waals surface area contributed by atoms with Crippen LogP contribution in [-0.4, -0.2) is 11.0 Å². The Morgan fingerprint density at radius 3 is 2.62 bits per heavy atom. The topological polar surface area (TPSA) is 55.2 Å². The molecule has 0 saturated heterocycles.